The van der Waals surface area contributed by atoms with Gasteiger partial charge in [-0.05, 0) is 20.0 Å². The van der Waals surface area contributed by atoms with Crippen LogP contribution in [0.3, 0.4) is 0 Å². The summed E-state index contributed by atoms with van der Waals surface area (Å²) >= 11 is 0. The van der Waals surface area contributed by atoms with E-state index in [1.807, 2.05) is 18.5 Å². The van der Waals surface area contributed by atoms with Crippen LogP contribution in [0.2, 0.25) is 0 Å². The first-order valence-electron chi connectivity index (χ1n) is 5.71. The van der Waals surface area contributed by atoms with Crippen molar-refractivity contribution in [2.45, 2.75) is 20.0 Å². The topological polar surface area (TPSA) is 29.9 Å². The molecule has 0 amide bonds. The molecule has 3 nitrogen and oxygen atoms in total. The van der Waals surface area contributed by atoms with Crippen LogP contribution in [0.5, 0.6) is 0 Å². The fraction of sp³-hybridized carbons (Fsp3) is 0.308. The molecule has 2 rings (SSSR count). The number of aryl methyl sites for hydroxylation is 1. The Morgan fingerprint density at radius 3 is 2.78 bits per heavy atom. The van der Waals surface area contributed by atoms with E-state index in [2.05, 4.69) is 10.3 Å². The summed E-state index contributed by atoms with van der Waals surface area (Å²) in [7, 11) is 1.84. The van der Waals surface area contributed by atoms with Crippen molar-refractivity contribution in [2.75, 3.05) is 7.05 Å². The number of rotatable bonds is 4. The molecule has 5 heteroatoms. The number of benzene rings is 1. The van der Waals surface area contributed by atoms with E-state index in [4.69, 9.17) is 0 Å². The first kappa shape index (κ1) is 12.7. The summed E-state index contributed by atoms with van der Waals surface area (Å²) in [6.45, 7) is 2.87. The predicted octanol–water partition coefficient (Wildman–Crippen LogP) is 2.24. The second kappa shape index (κ2) is 5.27. The zero-order valence-corrected chi connectivity index (χ0v) is 10.4. The lowest BCUT2D eigenvalue weighted by molar-refractivity contribution is 0.561. The van der Waals surface area contributed by atoms with Crippen molar-refractivity contribution in [1.82, 2.24) is 14.9 Å². The van der Waals surface area contributed by atoms with Crippen LogP contribution in [-0.2, 0) is 13.1 Å². The molecule has 0 bridgehead atoms. The van der Waals surface area contributed by atoms with E-state index in [0.29, 0.717) is 18.7 Å². The molecule has 0 atom stereocenters. The van der Waals surface area contributed by atoms with Gasteiger partial charge in [-0.15, -0.1) is 0 Å². The number of halogens is 2. The zero-order chi connectivity index (χ0) is 13.1. The summed E-state index contributed by atoms with van der Waals surface area (Å²) < 4.78 is 28.3. The SMILES string of the molecule is CNCc1cnc(C)n1Cc1ccc(F)cc1F. The van der Waals surface area contributed by atoms with Crippen molar-refractivity contribution in [1.29, 1.82) is 0 Å². The van der Waals surface area contributed by atoms with Gasteiger partial charge in [0.15, 0.2) is 0 Å². The molecule has 1 aromatic carbocycles. The van der Waals surface area contributed by atoms with Gasteiger partial charge in [-0.25, -0.2) is 13.8 Å². The minimum Gasteiger partial charge on any atom is -0.326 e. The minimum absolute atomic E-state index is 0.356. The van der Waals surface area contributed by atoms with Gasteiger partial charge in [-0.3, -0.25) is 0 Å². The molecule has 0 aliphatic rings. The molecule has 1 aromatic heterocycles. The van der Waals surface area contributed by atoms with E-state index in [1.54, 1.807) is 6.20 Å². The maximum atomic E-state index is 13.6. The Morgan fingerprint density at radius 1 is 1.33 bits per heavy atom. The van der Waals surface area contributed by atoms with Crippen LogP contribution in [0.4, 0.5) is 8.78 Å². The predicted molar refractivity (Wildman–Crippen MR) is 65.2 cm³/mol. The fourth-order valence-corrected chi connectivity index (χ4v) is 1.87. The first-order valence-corrected chi connectivity index (χ1v) is 5.71. The second-order valence-corrected chi connectivity index (χ2v) is 4.15. The van der Waals surface area contributed by atoms with Crippen LogP contribution >= 0.6 is 0 Å². The van der Waals surface area contributed by atoms with Gasteiger partial charge in [0, 0.05) is 24.4 Å². The van der Waals surface area contributed by atoms with Crippen LogP contribution in [0.15, 0.2) is 24.4 Å². The van der Waals surface area contributed by atoms with Crippen molar-refractivity contribution < 1.29 is 8.78 Å². The van der Waals surface area contributed by atoms with E-state index < -0.39 is 11.6 Å². The Balaban J connectivity index is 2.30. The van der Waals surface area contributed by atoms with E-state index in [0.717, 1.165) is 17.6 Å². The van der Waals surface area contributed by atoms with Crippen LogP contribution in [0.25, 0.3) is 0 Å². The first-order chi connectivity index (χ1) is 8.61. The molecule has 0 saturated carbocycles. The molecular weight excluding hydrogens is 236 g/mol. The minimum atomic E-state index is -0.561. The molecule has 0 spiro atoms. The van der Waals surface area contributed by atoms with Gasteiger partial charge in [-0.2, -0.15) is 0 Å². The quantitative estimate of drug-likeness (QED) is 0.903. The lowest BCUT2D eigenvalue weighted by Crippen LogP contribution is -2.13. The highest BCUT2D eigenvalue weighted by molar-refractivity contribution is 5.20. The maximum absolute atomic E-state index is 13.6. The summed E-state index contributed by atoms with van der Waals surface area (Å²) in [5.41, 5.74) is 1.42. The lowest BCUT2D eigenvalue weighted by Gasteiger charge is -2.11. The number of aromatic nitrogens is 2. The summed E-state index contributed by atoms with van der Waals surface area (Å²) in [6, 6.07) is 3.63. The molecule has 18 heavy (non-hydrogen) atoms. The van der Waals surface area contributed by atoms with Gasteiger partial charge < -0.3 is 9.88 Å². The van der Waals surface area contributed by atoms with Crippen LogP contribution < -0.4 is 5.32 Å². The molecule has 0 aliphatic heterocycles. The molecule has 2 aromatic rings. The molecular formula is C13H15F2N3. The van der Waals surface area contributed by atoms with Crippen molar-refractivity contribution in [2.24, 2.45) is 0 Å². The van der Waals surface area contributed by atoms with Crippen LogP contribution in [-0.4, -0.2) is 16.6 Å². The van der Waals surface area contributed by atoms with Crippen LogP contribution in [0, 0.1) is 18.6 Å². The largest absolute Gasteiger partial charge is 0.326 e. The number of hydrogen-bond donors (Lipinski definition) is 1. The summed E-state index contributed by atoms with van der Waals surface area (Å²) in [5, 5.41) is 3.03. The van der Waals surface area contributed by atoms with Gasteiger partial charge in [-0.1, -0.05) is 6.07 Å². The van der Waals surface area contributed by atoms with Crippen LogP contribution in [0.1, 0.15) is 17.1 Å². The Hall–Kier alpha value is -1.75. The summed E-state index contributed by atoms with van der Waals surface area (Å²) in [6.07, 6.45) is 1.76. The summed E-state index contributed by atoms with van der Waals surface area (Å²) in [4.78, 5) is 4.21. The van der Waals surface area contributed by atoms with Crippen molar-refractivity contribution in [3.63, 3.8) is 0 Å². The fourth-order valence-electron chi connectivity index (χ4n) is 1.87. The van der Waals surface area contributed by atoms with Gasteiger partial charge in [0.2, 0.25) is 0 Å². The molecule has 0 fully saturated rings. The highest BCUT2D eigenvalue weighted by Crippen LogP contribution is 2.14. The lowest BCUT2D eigenvalue weighted by atomic mass is 10.2. The molecule has 0 radical (unpaired) electrons. The standard InChI is InChI=1S/C13H15F2N3/c1-9-17-7-12(6-16-2)18(9)8-10-3-4-11(14)5-13(10)15/h3-5,7,16H,6,8H2,1-2H3. The monoisotopic (exact) mass is 251 g/mol. The Kier molecular flexibility index (Phi) is 3.72. The average molecular weight is 251 g/mol. The van der Waals surface area contributed by atoms with Crippen molar-refractivity contribution >= 4 is 0 Å². The third kappa shape index (κ3) is 2.56. The number of nitrogens with one attached hydrogen (secondary N) is 1. The Labute approximate surface area is 104 Å². The van der Waals surface area contributed by atoms with Gasteiger partial charge in [0.25, 0.3) is 0 Å². The molecule has 0 aliphatic carbocycles. The van der Waals surface area contributed by atoms with Crippen molar-refractivity contribution in [3.05, 3.63) is 53.1 Å². The third-order valence-corrected chi connectivity index (χ3v) is 2.84. The molecule has 96 valence electrons. The second-order valence-electron chi connectivity index (χ2n) is 4.15. The third-order valence-electron chi connectivity index (χ3n) is 2.84. The van der Waals surface area contributed by atoms with E-state index in [1.165, 1.54) is 12.1 Å². The van der Waals surface area contributed by atoms with E-state index in [-0.39, 0.29) is 0 Å². The highest BCUT2D eigenvalue weighted by Gasteiger charge is 2.10. The zero-order valence-electron chi connectivity index (χ0n) is 10.4. The Morgan fingerprint density at radius 2 is 2.11 bits per heavy atom. The molecule has 0 unspecified atom stereocenters. The average Bonchev–Trinajstić information content (AvgIpc) is 2.65. The summed E-state index contributed by atoms with van der Waals surface area (Å²) in [5.74, 6) is -0.281. The number of imidazole rings is 1. The van der Waals surface area contributed by atoms with E-state index in [9.17, 15) is 8.78 Å². The number of hydrogen-bond acceptors (Lipinski definition) is 2. The van der Waals surface area contributed by atoms with Gasteiger partial charge in [0.05, 0.1) is 12.2 Å². The van der Waals surface area contributed by atoms with Gasteiger partial charge >= 0.3 is 0 Å². The molecule has 1 heterocycles. The van der Waals surface area contributed by atoms with E-state index >= 15 is 0 Å². The Bertz CT molecular complexity index is 549. The molecule has 0 saturated heterocycles. The van der Waals surface area contributed by atoms with Crippen molar-refractivity contribution in [3.8, 4) is 0 Å². The number of nitrogens with zero attached hydrogens (tertiary/aromatic N) is 2. The normalized spacial score (nSPS) is 10.9. The highest BCUT2D eigenvalue weighted by atomic mass is 19.1. The smallest absolute Gasteiger partial charge is 0.131 e. The van der Waals surface area contributed by atoms with Gasteiger partial charge in [0.1, 0.15) is 17.5 Å². The molecule has 1 N–H and O–H groups in total. The maximum Gasteiger partial charge on any atom is 0.131 e.